The molecule has 1 unspecified atom stereocenters. The average Bonchev–Trinajstić information content (AvgIpc) is 2.94. The molecule has 3 heterocycles. The van der Waals surface area contributed by atoms with Crippen molar-refractivity contribution in [1.82, 2.24) is 4.90 Å². The fourth-order valence-electron chi connectivity index (χ4n) is 3.41. The zero-order valence-corrected chi connectivity index (χ0v) is 12.6. The van der Waals surface area contributed by atoms with Crippen molar-refractivity contribution in [2.24, 2.45) is 5.92 Å². The summed E-state index contributed by atoms with van der Waals surface area (Å²) in [6.45, 7) is 5.04. The largest absolute Gasteiger partial charge is 0.468 e. The number of furan rings is 1. The van der Waals surface area contributed by atoms with Gasteiger partial charge in [0.1, 0.15) is 10.5 Å². The van der Waals surface area contributed by atoms with E-state index < -0.39 is 14.6 Å². The Morgan fingerprint density at radius 3 is 2.95 bits per heavy atom. The second-order valence-corrected chi connectivity index (χ2v) is 8.20. The highest BCUT2D eigenvalue weighted by atomic mass is 32.2. The third-order valence-corrected chi connectivity index (χ3v) is 7.17. The predicted molar refractivity (Wildman–Crippen MR) is 75.1 cm³/mol. The summed E-state index contributed by atoms with van der Waals surface area (Å²) in [6.07, 6.45) is 2.38. The first-order valence-electron chi connectivity index (χ1n) is 7.12. The molecule has 1 aromatic heterocycles. The SMILES string of the molecule is CCOCC1CCS(=O)(=O)C12CN(Cc1ccco1)C2. The molecular weight excluding hydrogens is 278 g/mol. The maximum Gasteiger partial charge on any atom is 0.158 e. The fourth-order valence-corrected chi connectivity index (χ4v) is 5.87. The molecule has 20 heavy (non-hydrogen) atoms. The Morgan fingerprint density at radius 1 is 1.50 bits per heavy atom. The minimum Gasteiger partial charge on any atom is -0.468 e. The lowest BCUT2D eigenvalue weighted by molar-refractivity contribution is 0.0262. The molecule has 5 nitrogen and oxygen atoms in total. The maximum absolute atomic E-state index is 12.4. The second-order valence-electron chi connectivity index (χ2n) is 5.75. The van der Waals surface area contributed by atoms with Crippen LogP contribution in [-0.2, 0) is 21.1 Å². The Balaban J connectivity index is 1.68. The van der Waals surface area contributed by atoms with Gasteiger partial charge in [0.25, 0.3) is 0 Å². The molecule has 3 rings (SSSR count). The van der Waals surface area contributed by atoms with Crippen LogP contribution in [0.5, 0.6) is 0 Å². The van der Waals surface area contributed by atoms with E-state index in [1.807, 2.05) is 19.1 Å². The Kier molecular flexibility index (Phi) is 3.64. The molecule has 0 bridgehead atoms. The minimum atomic E-state index is -2.99. The number of nitrogens with zero attached hydrogens (tertiary/aromatic N) is 1. The van der Waals surface area contributed by atoms with Crippen LogP contribution >= 0.6 is 0 Å². The smallest absolute Gasteiger partial charge is 0.158 e. The zero-order chi connectivity index (χ0) is 14.2. The fraction of sp³-hybridized carbons (Fsp3) is 0.714. The van der Waals surface area contributed by atoms with Gasteiger partial charge in [-0.05, 0) is 25.5 Å². The highest BCUT2D eigenvalue weighted by molar-refractivity contribution is 7.93. The van der Waals surface area contributed by atoms with Gasteiger partial charge in [0.2, 0.25) is 0 Å². The normalized spacial score (nSPS) is 27.8. The molecule has 1 atom stereocenters. The molecule has 2 saturated heterocycles. The molecule has 0 aromatic carbocycles. The molecule has 2 fully saturated rings. The van der Waals surface area contributed by atoms with E-state index in [9.17, 15) is 8.42 Å². The van der Waals surface area contributed by atoms with Crippen LogP contribution in [0.25, 0.3) is 0 Å². The molecule has 0 amide bonds. The van der Waals surface area contributed by atoms with Crippen molar-refractivity contribution in [2.45, 2.75) is 24.6 Å². The number of ether oxygens (including phenoxy) is 1. The van der Waals surface area contributed by atoms with Gasteiger partial charge in [0.05, 0.1) is 25.2 Å². The highest BCUT2D eigenvalue weighted by Crippen LogP contribution is 2.45. The highest BCUT2D eigenvalue weighted by Gasteiger charge is 2.61. The number of hydrogen-bond donors (Lipinski definition) is 0. The number of rotatable bonds is 5. The van der Waals surface area contributed by atoms with Crippen LogP contribution in [0, 0.1) is 5.92 Å². The van der Waals surface area contributed by atoms with Gasteiger partial charge in [-0.2, -0.15) is 0 Å². The van der Waals surface area contributed by atoms with Crippen molar-refractivity contribution in [1.29, 1.82) is 0 Å². The van der Waals surface area contributed by atoms with Gasteiger partial charge in [0.15, 0.2) is 9.84 Å². The molecule has 0 aliphatic carbocycles. The summed E-state index contributed by atoms with van der Waals surface area (Å²) in [4.78, 5) is 2.14. The van der Waals surface area contributed by atoms with E-state index >= 15 is 0 Å². The lowest BCUT2D eigenvalue weighted by Crippen LogP contribution is -2.67. The van der Waals surface area contributed by atoms with Crippen LogP contribution in [0.1, 0.15) is 19.1 Å². The third-order valence-electron chi connectivity index (χ3n) is 4.56. The zero-order valence-electron chi connectivity index (χ0n) is 11.7. The average molecular weight is 299 g/mol. The topological polar surface area (TPSA) is 59.8 Å². The van der Waals surface area contributed by atoms with Crippen molar-refractivity contribution in [3.05, 3.63) is 24.2 Å². The lowest BCUT2D eigenvalue weighted by Gasteiger charge is -2.49. The molecule has 0 saturated carbocycles. The van der Waals surface area contributed by atoms with E-state index in [1.54, 1.807) is 6.26 Å². The molecule has 2 aliphatic heterocycles. The van der Waals surface area contributed by atoms with Crippen LogP contribution in [0.4, 0.5) is 0 Å². The van der Waals surface area contributed by atoms with Crippen LogP contribution < -0.4 is 0 Å². The Morgan fingerprint density at radius 2 is 2.30 bits per heavy atom. The van der Waals surface area contributed by atoms with Gasteiger partial charge in [-0.3, -0.25) is 4.90 Å². The third kappa shape index (κ3) is 2.19. The van der Waals surface area contributed by atoms with E-state index in [1.165, 1.54) is 0 Å². The van der Waals surface area contributed by atoms with Crippen molar-refractivity contribution >= 4 is 9.84 Å². The standard InChI is InChI=1S/C14H21NO4S/c1-2-18-9-12-5-7-20(16,17)14(12)10-15(11-14)8-13-4-3-6-19-13/h3-4,6,12H,2,5,7-11H2,1H3. The Hall–Kier alpha value is -0.850. The minimum absolute atomic E-state index is 0.139. The van der Waals surface area contributed by atoms with Gasteiger partial charge in [-0.15, -0.1) is 0 Å². The van der Waals surface area contributed by atoms with E-state index in [-0.39, 0.29) is 5.92 Å². The van der Waals surface area contributed by atoms with Crippen molar-refractivity contribution in [2.75, 3.05) is 32.1 Å². The summed E-state index contributed by atoms with van der Waals surface area (Å²) in [7, 11) is -2.99. The molecule has 1 aromatic rings. The summed E-state index contributed by atoms with van der Waals surface area (Å²) in [5.74, 6) is 1.33. The van der Waals surface area contributed by atoms with Crippen molar-refractivity contribution in [3.63, 3.8) is 0 Å². The number of hydrogen-bond acceptors (Lipinski definition) is 5. The molecule has 1 spiro atoms. The van der Waals surface area contributed by atoms with Gasteiger partial charge in [-0.25, -0.2) is 8.42 Å². The predicted octanol–water partition coefficient (Wildman–Crippen LogP) is 1.31. The first-order valence-corrected chi connectivity index (χ1v) is 8.77. The van der Waals surface area contributed by atoms with Gasteiger partial charge < -0.3 is 9.15 Å². The Labute approximate surface area is 119 Å². The van der Waals surface area contributed by atoms with Gasteiger partial charge >= 0.3 is 0 Å². The molecule has 0 N–H and O–H groups in total. The summed E-state index contributed by atoms with van der Waals surface area (Å²) in [5.41, 5.74) is 0. The van der Waals surface area contributed by atoms with E-state index in [4.69, 9.17) is 9.15 Å². The van der Waals surface area contributed by atoms with Gasteiger partial charge in [0, 0.05) is 25.6 Å². The quantitative estimate of drug-likeness (QED) is 0.820. The van der Waals surface area contributed by atoms with E-state index in [2.05, 4.69) is 4.90 Å². The monoisotopic (exact) mass is 299 g/mol. The van der Waals surface area contributed by atoms with Gasteiger partial charge in [-0.1, -0.05) is 0 Å². The lowest BCUT2D eigenvalue weighted by atomic mass is 9.83. The molecule has 2 aliphatic rings. The van der Waals surface area contributed by atoms with Crippen LogP contribution in [0.3, 0.4) is 0 Å². The maximum atomic E-state index is 12.4. The summed E-state index contributed by atoms with van der Waals surface area (Å²) >= 11 is 0. The first kappa shape index (κ1) is 14.1. The molecular formula is C14H21NO4S. The summed E-state index contributed by atoms with van der Waals surface area (Å²) in [6, 6.07) is 3.78. The van der Waals surface area contributed by atoms with Crippen molar-refractivity contribution in [3.8, 4) is 0 Å². The number of sulfone groups is 1. The Bertz CT molecular complexity index is 546. The van der Waals surface area contributed by atoms with E-state index in [0.29, 0.717) is 38.6 Å². The first-order chi connectivity index (χ1) is 9.57. The molecule has 0 radical (unpaired) electrons. The van der Waals surface area contributed by atoms with E-state index in [0.717, 1.165) is 12.2 Å². The van der Waals surface area contributed by atoms with Crippen LogP contribution in [0.2, 0.25) is 0 Å². The molecule has 6 heteroatoms. The second kappa shape index (κ2) is 5.16. The van der Waals surface area contributed by atoms with Crippen molar-refractivity contribution < 1.29 is 17.6 Å². The number of likely N-dealkylation sites (tertiary alicyclic amines) is 1. The van der Waals surface area contributed by atoms with Crippen LogP contribution in [-0.4, -0.2) is 50.1 Å². The summed E-state index contributed by atoms with van der Waals surface area (Å²) < 4.78 is 35.0. The van der Waals surface area contributed by atoms with Crippen LogP contribution in [0.15, 0.2) is 22.8 Å². The summed E-state index contributed by atoms with van der Waals surface area (Å²) in [5, 5.41) is 0. The molecule has 112 valence electrons.